The van der Waals surface area contributed by atoms with Crippen molar-refractivity contribution >= 4 is 0 Å². The zero-order valence-corrected chi connectivity index (χ0v) is 8.64. The third-order valence-corrected chi connectivity index (χ3v) is 2.23. The molecule has 0 saturated carbocycles. The SMILES string of the molecule is CCC(CC)N(CCO)CC(F)(F)F. The first-order valence-electron chi connectivity index (χ1n) is 4.86. The summed E-state index contributed by atoms with van der Waals surface area (Å²) in [5.74, 6) is 0. The molecule has 0 bridgehead atoms. The number of hydrogen-bond acceptors (Lipinski definition) is 2. The van der Waals surface area contributed by atoms with Gasteiger partial charge in [-0.2, -0.15) is 13.2 Å². The molecule has 0 atom stereocenters. The Morgan fingerprint density at radius 3 is 2.00 bits per heavy atom. The maximum Gasteiger partial charge on any atom is 0.401 e. The standard InChI is InChI=1S/C9H18F3NO/c1-3-8(4-2)13(5-6-14)7-9(10,11)12/h8,14H,3-7H2,1-2H3. The van der Waals surface area contributed by atoms with Crippen LogP contribution in [0.1, 0.15) is 26.7 Å². The van der Waals surface area contributed by atoms with Crippen LogP contribution in [0.15, 0.2) is 0 Å². The van der Waals surface area contributed by atoms with Gasteiger partial charge in [-0.1, -0.05) is 13.8 Å². The summed E-state index contributed by atoms with van der Waals surface area (Å²) in [6, 6.07) is -0.0937. The molecular weight excluding hydrogens is 195 g/mol. The molecule has 0 saturated heterocycles. The highest BCUT2D eigenvalue weighted by Crippen LogP contribution is 2.19. The number of hydrogen-bond donors (Lipinski definition) is 1. The molecule has 0 aliphatic heterocycles. The van der Waals surface area contributed by atoms with E-state index in [0.717, 1.165) is 0 Å². The van der Waals surface area contributed by atoms with Gasteiger partial charge in [0.1, 0.15) is 0 Å². The lowest BCUT2D eigenvalue weighted by Crippen LogP contribution is -2.42. The number of rotatable bonds is 6. The second-order valence-electron chi connectivity index (χ2n) is 3.28. The average Bonchev–Trinajstić information content (AvgIpc) is 2.04. The van der Waals surface area contributed by atoms with Crippen molar-refractivity contribution in [3.8, 4) is 0 Å². The van der Waals surface area contributed by atoms with Gasteiger partial charge < -0.3 is 5.11 Å². The van der Waals surface area contributed by atoms with Crippen molar-refractivity contribution < 1.29 is 18.3 Å². The fraction of sp³-hybridized carbons (Fsp3) is 1.00. The van der Waals surface area contributed by atoms with E-state index in [4.69, 9.17) is 5.11 Å². The van der Waals surface area contributed by atoms with Crippen LogP contribution < -0.4 is 0 Å². The van der Waals surface area contributed by atoms with Crippen LogP contribution in [-0.2, 0) is 0 Å². The van der Waals surface area contributed by atoms with Crippen molar-refractivity contribution in [1.29, 1.82) is 0 Å². The zero-order valence-electron chi connectivity index (χ0n) is 8.64. The van der Waals surface area contributed by atoms with Gasteiger partial charge in [-0.25, -0.2) is 0 Å². The number of alkyl halides is 3. The first kappa shape index (κ1) is 13.7. The molecular formula is C9H18F3NO. The molecule has 2 nitrogen and oxygen atoms in total. The third-order valence-electron chi connectivity index (χ3n) is 2.23. The molecule has 0 spiro atoms. The van der Waals surface area contributed by atoms with Crippen molar-refractivity contribution in [3.05, 3.63) is 0 Å². The molecule has 5 heteroatoms. The zero-order chi connectivity index (χ0) is 11.2. The van der Waals surface area contributed by atoms with Crippen LogP contribution in [0, 0.1) is 0 Å². The van der Waals surface area contributed by atoms with Crippen molar-refractivity contribution in [2.75, 3.05) is 19.7 Å². The second-order valence-corrected chi connectivity index (χ2v) is 3.28. The van der Waals surface area contributed by atoms with Crippen LogP contribution in [0.5, 0.6) is 0 Å². The lowest BCUT2D eigenvalue weighted by Gasteiger charge is -2.30. The van der Waals surface area contributed by atoms with E-state index in [1.807, 2.05) is 13.8 Å². The van der Waals surface area contributed by atoms with Gasteiger partial charge in [0.2, 0.25) is 0 Å². The molecule has 0 radical (unpaired) electrons. The lowest BCUT2D eigenvalue weighted by molar-refractivity contribution is -0.152. The van der Waals surface area contributed by atoms with Gasteiger partial charge in [-0.3, -0.25) is 4.90 Å². The first-order chi connectivity index (χ1) is 6.44. The minimum absolute atomic E-state index is 0.0891. The van der Waals surface area contributed by atoms with Gasteiger partial charge in [0.15, 0.2) is 0 Å². The largest absolute Gasteiger partial charge is 0.401 e. The summed E-state index contributed by atoms with van der Waals surface area (Å²) < 4.78 is 36.4. The van der Waals surface area contributed by atoms with Crippen molar-refractivity contribution in [1.82, 2.24) is 4.90 Å². The molecule has 0 aromatic heterocycles. The highest BCUT2D eigenvalue weighted by Gasteiger charge is 2.32. The average molecular weight is 213 g/mol. The maximum atomic E-state index is 12.1. The smallest absolute Gasteiger partial charge is 0.395 e. The Kier molecular flexibility index (Phi) is 6.11. The molecule has 14 heavy (non-hydrogen) atoms. The number of halogens is 3. The number of aliphatic hydroxyl groups excluding tert-OH is 1. The summed E-state index contributed by atoms with van der Waals surface area (Å²) in [6.07, 6.45) is -2.84. The molecule has 0 unspecified atom stereocenters. The Morgan fingerprint density at radius 1 is 1.21 bits per heavy atom. The van der Waals surface area contributed by atoms with Crippen molar-refractivity contribution in [2.24, 2.45) is 0 Å². The fourth-order valence-electron chi connectivity index (χ4n) is 1.55. The molecule has 86 valence electrons. The maximum absolute atomic E-state index is 12.1. The van der Waals surface area contributed by atoms with Crippen LogP contribution in [0.3, 0.4) is 0 Å². The van der Waals surface area contributed by atoms with Gasteiger partial charge in [-0.15, -0.1) is 0 Å². The van der Waals surface area contributed by atoms with Crippen molar-refractivity contribution in [3.63, 3.8) is 0 Å². The molecule has 0 aliphatic carbocycles. The van der Waals surface area contributed by atoms with E-state index in [0.29, 0.717) is 12.8 Å². The van der Waals surface area contributed by atoms with E-state index < -0.39 is 12.7 Å². The molecule has 0 rings (SSSR count). The van der Waals surface area contributed by atoms with E-state index in [1.165, 1.54) is 4.90 Å². The predicted molar refractivity (Wildman–Crippen MR) is 49.1 cm³/mol. The summed E-state index contributed by atoms with van der Waals surface area (Å²) in [6.45, 7) is 2.64. The van der Waals surface area contributed by atoms with E-state index in [2.05, 4.69) is 0 Å². The molecule has 0 heterocycles. The first-order valence-corrected chi connectivity index (χ1v) is 4.86. The summed E-state index contributed by atoms with van der Waals surface area (Å²) in [4.78, 5) is 1.29. The Labute approximate surface area is 82.7 Å². The number of nitrogens with zero attached hydrogens (tertiary/aromatic N) is 1. The van der Waals surface area contributed by atoms with Gasteiger partial charge in [-0.05, 0) is 12.8 Å². The molecule has 0 amide bonds. The van der Waals surface area contributed by atoms with E-state index >= 15 is 0 Å². The molecule has 0 aromatic rings. The molecule has 0 fully saturated rings. The Morgan fingerprint density at radius 2 is 1.71 bits per heavy atom. The third kappa shape index (κ3) is 5.44. The van der Waals surface area contributed by atoms with Crippen LogP contribution in [0.2, 0.25) is 0 Å². The quantitative estimate of drug-likeness (QED) is 0.729. The second kappa shape index (κ2) is 6.24. The topological polar surface area (TPSA) is 23.5 Å². The molecule has 1 N–H and O–H groups in total. The lowest BCUT2D eigenvalue weighted by atomic mass is 10.1. The predicted octanol–water partition coefficient (Wildman–Crippen LogP) is 2.03. The Hall–Kier alpha value is -0.290. The van der Waals surface area contributed by atoms with Crippen LogP contribution in [0.4, 0.5) is 13.2 Å². The van der Waals surface area contributed by atoms with E-state index in [9.17, 15) is 13.2 Å². The van der Waals surface area contributed by atoms with E-state index in [-0.39, 0.29) is 19.2 Å². The van der Waals surface area contributed by atoms with Gasteiger partial charge in [0.25, 0.3) is 0 Å². The minimum Gasteiger partial charge on any atom is -0.395 e. The van der Waals surface area contributed by atoms with Crippen LogP contribution >= 0.6 is 0 Å². The minimum atomic E-state index is -4.18. The Bertz CT molecular complexity index is 145. The van der Waals surface area contributed by atoms with Gasteiger partial charge >= 0.3 is 6.18 Å². The van der Waals surface area contributed by atoms with Crippen molar-refractivity contribution in [2.45, 2.75) is 38.9 Å². The highest BCUT2D eigenvalue weighted by atomic mass is 19.4. The Balaban J connectivity index is 4.26. The summed E-state index contributed by atoms with van der Waals surface area (Å²) >= 11 is 0. The van der Waals surface area contributed by atoms with Gasteiger partial charge in [0, 0.05) is 12.6 Å². The number of aliphatic hydroxyl groups is 1. The monoisotopic (exact) mass is 213 g/mol. The van der Waals surface area contributed by atoms with E-state index in [1.54, 1.807) is 0 Å². The molecule has 0 aliphatic rings. The summed E-state index contributed by atoms with van der Waals surface area (Å²) in [5.41, 5.74) is 0. The van der Waals surface area contributed by atoms with Crippen LogP contribution in [-0.4, -0.2) is 41.9 Å². The summed E-state index contributed by atoms with van der Waals surface area (Å²) in [5, 5.41) is 8.66. The van der Waals surface area contributed by atoms with Crippen LogP contribution in [0.25, 0.3) is 0 Å². The highest BCUT2D eigenvalue weighted by molar-refractivity contribution is 4.71. The van der Waals surface area contributed by atoms with Gasteiger partial charge in [0.05, 0.1) is 13.2 Å². The molecule has 0 aromatic carbocycles. The normalized spacial score (nSPS) is 12.9. The summed E-state index contributed by atoms with van der Waals surface area (Å²) in [7, 11) is 0. The fourth-order valence-corrected chi connectivity index (χ4v) is 1.55.